The largest absolute Gasteiger partial charge is 0.465 e. The van der Waals surface area contributed by atoms with Gasteiger partial charge in [0.15, 0.2) is 0 Å². The predicted octanol–water partition coefficient (Wildman–Crippen LogP) is 2.61. The van der Waals surface area contributed by atoms with Crippen molar-refractivity contribution >= 4 is 15.7 Å². The van der Waals surface area contributed by atoms with Crippen molar-refractivity contribution < 1.29 is 12.8 Å². The average Bonchev–Trinajstić information content (AvgIpc) is 2.80. The van der Waals surface area contributed by atoms with Crippen LogP contribution in [0.2, 0.25) is 0 Å². The van der Waals surface area contributed by atoms with E-state index < -0.39 is 10.0 Å². The average molecular weight is 308 g/mol. The molecule has 0 unspecified atom stereocenters. The van der Waals surface area contributed by atoms with E-state index in [1.807, 2.05) is 26.8 Å². The van der Waals surface area contributed by atoms with Gasteiger partial charge < -0.3 is 10.2 Å². The molecule has 0 saturated carbocycles. The number of aryl methyl sites for hydroxylation is 2. The van der Waals surface area contributed by atoms with Gasteiger partial charge in [0.2, 0.25) is 10.0 Å². The maximum absolute atomic E-state index is 12.6. The lowest BCUT2D eigenvalue weighted by Crippen LogP contribution is -2.26. The number of rotatable bonds is 4. The van der Waals surface area contributed by atoms with E-state index in [1.54, 1.807) is 12.1 Å². The van der Waals surface area contributed by atoms with Crippen molar-refractivity contribution in [3.63, 3.8) is 0 Å². The summed E-state index contributed by atoms with van der Waals surface area (Å²) in [7, 11) is -2.07. The molecule has 0 aliphatic carbocycles. The molecular weight excluding hydrogens is 288 g/mol. The molecule has 0 aliphatic heterocycles. The minimum absolute atomic E-state index is 0.184. The van der Waals surface area contributed by atoms with Gasteiger partial charge in [-0.1, -0.05) is 0 Å². The zero-order chi connectivity index (χ0) is 15.8. The van der Waals surface area contributed by atoms with Crippen molar-refractivity contribution in [3.8, 4) is 0 Å². The molecule has 114 valence electrons. The summed E-state index contributed by atoms with van der Waals surface area (Å²) >= 11 is 0. The van der Waals surface area contributed by atoms with Crippen molar-refractivity contribution in [2.24, 2.45) is 0 Å². The summed E-state index contributed by atoms with van der Waals surface area (Å²) in [5.41, 5.74) is 8.11. The van der Waals surface area contributed by atoms with Gasteiger partial charge >= 0.3 is 0 Å². The van der Waals surface area contributed by atoms with Gasteiger partial charge in [-0.05, 0) is 56.2 Å². The molecule has 2 N–H and O–H groups in total. The lowest BCUT2D eigenvalue weighted by molar-refractivity contribution is 0.397. The maximum atomic E-state index is 12.6. The molecule has 2 aromatic rings. The number of nitrogens with two attached hydrogens (primary N) is 1. The van der Waals surface area contributed by atoms with Crippen LogP contribution in [0.5, 0.6) is 0 Å². The smallest absolute Gasteiger partial charge is 0.243 e. The first kappa shape index (κ1) is 15.6. The standard InChI is InChI=1S/C15H20N2O3S/c1-10-7-14(8-15(16)12(10)3)21(18,19)17(4)9-13-6-5-11(2)20-13/h5-8H,9,16H2,1-4H3. The van der Waals surface area contributed by atoms with Crippen molar-refractivity contribution in [1.82, 2.24) is 4.31 Å². The molecule has 0 fully saturated rings. The Hall–Kier alpha value is -1.79. The zero-order valence-corrected chi connectivity index (χ0v) is 13.5. The van der Waals surface area contributed by atoms with Gasteiger partial charge in [-0.15, -0.1) is 0 Å². The van der Waals surface area contributed by atoms with E-state index in [2.05, 4.69) is 0 Å². The molecule has 0 aliphatic rings. The lowest BCUT2D eigenvalue weighted by Gasteiger charge is -2.17. The third-order valence-corrected chi connectivity index (χ3v) is 5.34. The van der Waals surface area contributed by atoms with Crippen molar-refractivity contribution in [1.29, 1.82) is 0 Å². The highest BCUT2D eigenvalue weighted by atomic mass is 32.2. The molecular formula is C15H20N2O3S. The third-order valence-electron chi connectivity index (χ3n) is 3.56. The highest BCUT2D eigenvalue weighted by molar-refractivity contribution is 7.89. The Morgan fingerprint density at radius 3 is 2.38 bits per heavy atom. The number of nitrogen functional groups attached to an aromatic ring is 1. The molecule has 1 aromatic heterocycles. The summed E-state index contributed by atoms with van der Waals surface area (Å²) in [6.07, 6.45) is 0. The molecule has 1 heterocycles. The first-order chi connectivity index (χ1) is 9.71. The van der Waals surface area contributed by atoms with E-state index in [1.165, 1.54) is 17.4 Å². The normalized spacial score (nSPS) is 12.0. The molecule has 0 amide bonds. The number of hydrogen-bond donors (Lipinski definition) is 1. The Balaban J connectivity index is 2.33. The SMILES string of the molecule is Cc1ccc(CN(C)S(=O)(=O)c2cc(C)c(C)c(N)c2)o1. The number of furan rings is 1. The molecule has 0 atom stereocenters. The van der Waals surface area contributed by atoms with E-state index in [-0.39, 0.29) is 11.4 Å². The van der Waals surface area contributed by atoms with Gasteiger partial charge in [0, 0.05) is 12.7 Å². The first-order valence-electron chi connectivity index (χ1n) is 6.60. The Bertz CT molecular complexity index is 740. The summed E-state index contributed by atoms with van der Waals surface area (Å²) in [5.74, 6) is 1.36. The molecule has 0 bridgehead atoms. The van der Waals surface area contributed by atoms with Crippen LogP contribution in [0.3, 0.4) is 0 Å². The zero-order valence-electron chi connectivity index (χ0n) is 12.7. The Morgan fingerprint density at radius 1 is 1.19 bits per heavy atom. The molecule has 0 spiro atoms. The fourth-order valence-electron chi connectivity index (χ4n) is 2.06. The summed E-state index contributed by atoms with van der Waals surface area (Å²) in [4.78, 5) is 0.203. The topological polar surface area (TPSA) is 76.5 Å². The molecule has 0 radical (unpaired) electrons. The van der Waals surface area contributed by atoms with Crippen LogP contribution < -0.4 is 5.73 Å². The predicted molar refractivity (Wildman–Crippen MR) is 82.4 cm³/mol. The minimum atomic E-state index is -3.60. The summed E-state index contributed by atoms with van der Waals surface area (Å²) in [6, 6.07) is 6.73. The monoisotopic (exact) mass is 308 g/mol. The highest BCUT2D eigenvalue weighted by Crippen LogP contribution is 2.24. The Labute approximate surface area is 125 Å². The van der Waals surface area contributed by atoms with Crippen molar-refractivity contribution in [2.45, 2.75) is 32.2 Å². The maximum Gasteiger partial charge on any atom is 0.243 e. The van der Waals surface area contributed by atoms with E-state index in [4.69, 9.17) is 10.2 Å². The van der Waals surface area contributed by atoms with Gasteiger partial charge in [0.05, 0.1) is 11.4 Å². The fourth-order valence-corrected chi connectivity index (χ4v) is 3.31. The van der Waals surface area contributed by atoms with E-state index in [0.717, 1.165) is 16.9 Å². The van der Waals surface area contributed by atoms with Gasteiger partial charge in [-0.25, -0.2) is 8.42 Å². The van der Waals surface area contributed by atoms with E-state index in [0.29, 0.717) is 11.4 Å². The van der Waals surface area contributed by atoms with Gasteiger partial charge in [0.25, 0.3) is 0 Å². The summed E-state index contributed by atoms with van der Waals surface area (Å²) in [6.45, 7) is 5.72. The van der Waals surface area contributed by atoms with Crippen LogP contribution in [0, 0.1) is 20.8 Å². The van der Waals surface area contributed by atoms with Crippen LogP contribution in [0.1, 0.15) is 22.6 Å². The Morgan fingerprint density at radius 2 is 1.86 bits per heavy atom. The molecule has 21 heavy (non-hydrogen) atoms. The number of hydrogen-bond acceptors (Lipinski definition) is 4. The lowest BCUT2D eigenvalue weighted by atomic mass is 10.1. The molecule has 2 rings (SSSR count). The van der Waals surface area contributed by atoms with Gasteiger partial charge in [-0.2, -0.15) is 4.31 Å². The van der Waals surface area contributed by atoms with Gasteiger partial charge in [0.1, 0.15) is 11.5 Å². The van der Waals surface area contributed by atoms with Gasteiger partial charge in [-0.3, -0.25) is 0 Å². The van der Waals surface area contributed by atoms with E-state index >= 15 is 0 Å². The number of benzene rings is 1. The second-order valence-electron chi connectivity index (χ2n) is 5.23. The Kier molecular flexibility index (Phi) is 4.11. The number of sulfonamides is 1. The molecule has 1 aromatic carbocycles. The minimum Gasteiger partial charge on any atom is -0.465 e. The fraction of sp³-hybridized carbons (Fsp3) is 0.333. The molecule has 6 heteroatoms. The van der Waals surface area contributed by atoms with E-state index in [9.17, 15) is 8.42 Å². The van der Waals surface area contributed by atoms with Crippen molar-refractivity contribution in [3.05, 3.63) is 46.9 Å². The highest BCUT2D eigenvalue weighted by Gasteiger charge is 2.23. The van der Waals surface area contributed by atoms with Crippen LogP contribution in [0.25, 0.3) is 0 Å². The van der Waals surface area contributed by atoms with Crippen molar-refractivity contribution in [2.75, 3.05) is 12.8 Å². The van der Waals surface area contributed by atoms with Crippen LogP contribution in [0.15, 0.2) is 33.6 Å². The summed E-state index contributed by atoms with van der Waals surface area (Å²) < 4.78 is 31.9. The summed E-state index contributed by atoms with van der Waals surface area (Å²) in [5, 5.41) is 0. The van der Waals surface area contributed by atoms with Crippen LogP contribution >= 0.6 is 0 Å². The molecule has 5 nitrogen and oxygen atoms in total. The second kappa shape index (κ2) is 5.54. The second-order valence-corrected chi connectivity index (χ2v) is 7.27. The van der Waals surface area contributed by atoms with Crippen LogP contribution in [0.4, 0.5) is 5.69 Å². The first-order valence-corrected chi connectivity index (χ1v) is 8.04. The third kappa shape index (κ3) is 3.11. The molecule has 0 saturated heterocycles. The van der Waals surface area contributed by atoms with Crippen LogP contribution in [-0.4, -0.2) is 19.8 Å². The van der Waals surface area contributed by atoms with Crippen LogP contribution in [-0.2, 0) is 16.6 Å². The number of nitrogens with zero attached hydrogens (tertiary/aromatic N) is 1. The quantitative estimate of drug-likeness (QED) is 0.881. The number of anilines is 1.